The van der Waals surface area contributed by atoms with E-state index in [-0.39, 0.29) is 10.1 Å². The molecule has 1 aromatic heterocycles. The van der Waals surface area contributed by atoms with E-state index < -0.39 is 16.6 Å². The lowest BCUT2D eigenvalue weighted by atomic mass is 10.2. The molecule has 38 heavy (non-hydrogen) atoms. The fourth-order valence-electron chi connectivity index (χ4n) is 3.26. The van der Waals surface area contributed by atoms with Gasteiger partial charge < -0.3 is 13.8 Å². The quantitative estimate of drug-likeness (QED) is 0.108. The van der Waals surface area contributed by atoms with Crippen molar-refractivity contribution < 1.29 is 13.4 Å². The maximum Gasteiger partial charge on any atom is 0.192 e. The first-order chi connectivity index (χ1) is 17.6. The molecule has 0 aliphatic rings. The van der Waals surface area contributed by atoms with Gasteiger partial charge in [-0.05, 0) is 66.6 Å². The first-order valence-corrected chi connectivity index (χ1v) is 19.5. The lowest BCUT2D eigenvalue weighted by Gasteiger charge is -2.38. The Morgan fingerprint density at radius 2 is 1.18 bits per heavy atom. The molecule has 0 radical (unpaired) electrons. The third kappa shape index (κ3) is 9.56. The molecule has 1 aromatic carbocycles. The van der Waals surface area contributed by atoms with E-state index in [1.54, 1.807) is 0 Å². The summed E-state index contributed by atoms with van der Waals surface area (Å²) in [6.45, 7) is 30.5. The van der Waals surface area contributed by atoms with Crippen LogP contribution in [0, 0.1) is 0 Å². The van der Waals surface area contributed by atoms with Crippen molar-refractivity contribution in [3.63, 3.8) is 0 Å². The van der Waals surface area contributed by atoms with Crippen molar-refractivity contribution in [3.05, 3.63) is 61.4 Å². The largest absolute Gasteiger partial charge is 0.415 e. The van der Waals surface area contributed by atoms with Crippen molar-refractivity contribution >= 4 is 33.7 Å². The summed E-state index contributed by atoms with van der Waals surface area (Å²) >= 11 is 0. The van der Waals surface area contributed by atoms with Crippen LogP contribution in [0.3, 0.4) is 0 Å². The molecule has 210 valence electrons. The first-order valence-electron chi connectivity index (χ1n) is 13.7. The third-order valence-electron chi connectivity index (χ3n) is 7.97. The smallest absolute Gasteiger partial charge is 0.192 e. The monoisotopic (exact) mass is 555 g/mol. The summed E-state index contributed by atoms with van der Waals surface area (Å²) in [6.07, 6.45) is 5.83. The molecule has 0 saturated carbocycles. The minimum Gasteiger partial charge on any atom is -0.415 e. The van der Waals surface area contributed by atoms with Gasteiger partial charge in [-0.25, -0.2) is 4.57 Å². The maximum atomic E-state index is 6.51. The summed E-state index contributed by atoms with van der Waals surface area (Å²) < 4.78 is 15.1. The Morgan fingerprint density at radius 3 is 1.58 bits per heavy atom. The predicted octanol–water partition coefficient (Wildman–Crippen LogP) is 8.43. The van der Waals surface area contributed by atoms with Gasteiger partial charge in [-0.3, -0.25) is 0 Å². The number of hydrogen-bond donors (Lipinski definition) is 0. The molecule has 0 N–H and O–H groups in total. The Bertz CT molecular complexity index is 1010. The van der Waals surface area contributed by atoms with Gasteiger partial charge in [0.1, 0.15) is 0 Å². The topological polar surface area (TPSA) is 50.3 Å². The van der Waals surface area contributed by atoms with Gasteiger partial charge >= 0.3 is 0 Å². The van der Waals surface area contributed by atoms with E-state index in [9.17, 15) is 0 Å². The second-order valence-electron chi connectivity index (χ2n) is 13.0. The fraction of sp³-hybridized carbons (Fsp3) is 0.567. The summed E-state index contributed by atoms with van der Waals surface area (Å²) in [7, 11) is -3.61. The number of hydrogen-bond acceptors (Lipinski definition) is 5. The highest BCUT2D eigenvalue weighted by Crippen LogP contribution is 2.37. The van der Waals surface area contributed by atoms with Crippen LogP contribution in [0.4, 0.5) is 17.1 Å². The fourth-order valence-corrected chi connectivity index (χ4v) is 5.33. The normalized spacial score (nSPS) is 13.2. The molecule has 8 heteroatoms. The summed E-state index contributed by atoms with van der Waals surface area (Å²) in [6, 6.07) is 12.2. The zero-order valence-electron chi connectivity index (χ0n) is 25.5. The lowest BCUT2D eigenvalue weighted by Crippen LogP contribution is -2.44. The number of pyridine rings is 1. The minimum atomic E-state index is -1.80. The summed E-state index contributed by atoms with van der Waals surface area (Å²) in [5, 5.41) is 9.22. The Morgan fingerprint density at radius 1 is 0.763 bits per heavy atom. The van der Waals surface area contributed by atoms with Gasteiger partial charge in [0.25, 0.3) is 0 Å². The van der Waals surface area contributed by atoms with E-state index >= 15 is 0 Å². The third-order valence-corrected chi connectivity index (χ3v) is 17.0. The van der Waals surface area contributed by atoms with Crippen LogP contribution in [0.15, 0.2) is 71.7 Å². The zero-order valence-corrected chi connectivity index (χ0v) is 27.5. The molecule has 1 heterocycles. The second kappa shape index (κ2) is 13.3. The van der Waals surface area contributed by atoms with Gasteiger partial charge in [0.2, 0.25) is 0 Å². The molecule has 0 saturated heterocycles. The average molecular weight is 556 g/mol. The number of anilines is 1. The van der Waals surface area contributed by atoms with Crippen LogP contribution in [-0.2, 0) is 15.4 Å². The summed E-state index contributed by atoms with van der Waals surface area (Å²) in [5.41, 5.74) is 2.79. The van der Waals surface area contributed by atoms with Gasteiger partial charge in [-0.1, -0.05) is 48.1 Å². The van der Waals surface area contributed by atoms with E-state index in [0.29, 0.717) is 13.2 Å². The lowest BCUT2D eigenvalue weighted by molar-refractivity contribution is -0.686. The number of rotatable bonds is 13. The SMILES string of the molecule is C=CC[n+]1ccc(N=Nc2ccc(N(CCO[Si](C)(C)C(C)(C)C)CCO[Si](C)(C)C(C)(C)C)cc2)cc1. The molecular weight excluding hydrogens is 505 g/mol. The molecule has 0 atom stereocenters. The predicted molar refractivity (Wildman–Crippen MR) is 166 cm³/mol. The van der Waals surface area contributed by atoms with Gasteiger partial charge in [-0.2, -0.15) is 10.2 Å². The Labute approximate surface area is 234 Å². The summed E-state index contributed by atoms with van der Waals surface area (Å²) in [5.74, 6) is 0. The van der Waals surface area contributed by atoms with Crippen molar-refractivity contribution in [1.82, 2.24) is 0 Å². The second-order valence-corrected chi connectivity index (χ2v) is 22.6. The van der Waals surface area contributed by atoms with Crippen LogP contribution in [-0.4, -0.2) is 42.9 Å². The maximum absolute atomic E-state index is 6.51. The van der Waals surface area contributed by atoms with Crippen molar-refractivity contribution in [2.45, 2.75) is 84.4 Å². The van der Waals surface area contributed by atoms with E-state index in [1.165, 1.54) is 0 Å². The Kier molecular flexibility index (Phi) is 11.2. The molecule has 0 aliphatic carbocycles. The van der Waals surface area contributed by atoms with Gasteiger partial charge in [0.15, 0.2) is 35.6 Å². The highest BCUT2D eigenvalue weighted by atomic mass is 28.4. The molecule has 0 fully saturated rings. The highest BCUT2D eigenvalue weighted by Gasteiger charge is 2.38. The van der Waals surface area contributed by atoms with Crippen LogP contribution in [0.1, 0.15) is 41.5 Å². The number of allylic oxidation sites excluding steroid dienone is 1. The number of nitrogens with zero attached hydrogens (tertiary/aromatic N) is 4. The van der Waals surface area contributed by atoms with E-state index in [0.717, 1.165) is 36.7 Å². The number of benzene rings is 1. The van der Waals surface area contributed by atoms with Crippen LogP contribution >= 0.6 is 0 Å². The average Bonchev–Trinajstić information content (AvgIpc) is 2.82. The minimum absolute atomic E-state index is 0.195. The molecule has 6 nitrogen and oxygen atoms in total. The standard InChI is InChI=1S/C30H51N4O2Si2/c1-12-19-33-20-17-27(18-21-33)32-31-26-13-15-28(16-14-26)34(22-24-35-37(8,9)29(2,3)4)23-25-36-38(10,11)30(5,6)7/h12-18,20-21H,1,19,22-25H2,2-11H3/q+1. The van der Waals surface area contributed by atoms with Crippen LogP contribution in [0.5, 0.6) is 0 Å². The van der Waals surface area contributed by atoms with Gasteiger partial charge in [0.05, 0.1) is 24.6 Å². The Hall–Kier alpha value is -2.14. The van der Waals surface area contributed by atoms with E-state index in [2.05, 4.69) is 102 Å². The van der Waals surface area contributed by atoms with Crippen LogP contribution in [0.25, 0.3) is 0 Å². The molecule has 2 rings (SSSR count). The number of aromatic nitrogens is 1. The van der Waals surface area contributed by atoms with Crippen LogP contribution < -0.4 is 9.47 Å². The van der Waals surface area contributed by atoms with Crippen molar-refractivity contribution in [3.8, 4) is 0 Å². The molecule has 0 amide bonds. The molecular formula is C30H51N4O2Si2+. The van der Waals surface area contributed by atoms with Crippen LogP contribution in [0.2, 0.25) is 36.3 Å². The molecule has 0 spiro atoms. The van der Waals surface area contributed by atoms with Crippen molar-refractivity contribution in [1.29, 1.82) is 0 Å². The zero-order chi connectivity index (χ0) is 28.6. The van der Waals surface area contributed by atoms with Crippen molar-refractivity contribution in [2.75, 3.05) is 31.2 Å². The highest BCUT2D eigenvalue weighted by molar-refractivity contribution is 6.74. The molecule has 2 aromatic rings. The van der Waals surface area contributed by atoms with E-state index in [4.69, 9.17) is 8.85 Å². The Balaban J connectivity index is 2.11. The molecule has 0 aliphatic heterocycles. The summed E-state index contributed by atoms with van der Waals surface area (Å²) in [4.78, 5) is 2.37. The van der Waals surface area contributed by atoms with Gasteiger partial charge in [0, 0.05) is 30.9 Å². The first kappa shape index (κ1) is 32.1. The van der Waals surface area contributed by atoms with Crippen molar-refractivity contribution in [2.24, 2.45) is 10.2 Å². The molecule has 0 bridgehead atoms. The van der Waals surface area contributed by atoms with Gasteiger partial charge in [-0.15, -0.1) is 0 Å². The van der Waals surface area contributed by atoms with E-state index in [1.807, 2.05) is 47.3 Å². The molecule has 0 unspecified atom stereocenters. The number of azo groups is 1.